The highest BCUT2D eigenvalue weighted by Gasteiger charge is 2.09. The SMILES string of the molecule is COc1ccc(C)cc1Nc1cc(N)nc(C(C)C)n1. The first kappa shape index (κ1) is 14.1. The Labute approximate surface area is 119 Å². The smallest absolute Gasteiger partial charge is 0.142 e. The second-order valence-corrected chi connectivity index (χ2v) is 5.02. The zero-order valence-electron chi connectivity index (χ0n) is 12.3. The van der Waals surface area contributed by atoms with E-state index >= 15 is 0 Å². The number of nitrogen functional groups attached to an aromatic ring is 1. The predicted octanol–water partition coefficient (Wildman–Crippen LogP) is 3.24. The number of anilines is 3. The van der Waals surface area contributed by atoms with Crippen LogP contribution in [0.15, 0.2) is 24.3 Å². The monoisotopic (exact) mass is 272 g/mol. The Hall–Kier alpha value is -2.30. The third kappa shape index (κ3) is 3.17. The number of nitrogens with one attached hydrogen (secondary N) is 1. The molecular formula is C15H20N4O. The summed E-state index contributed by atoms with van der Waals surface area (Å²) in [6, 6.07) is 7.64. The Morgan fingerprint density at radius 3 is 2.60 bits per heavy atom. The number of aromatic nitrogens is 2. The van der Waals surface area contributed by atoms with Crippen molar-refractivity contribution in [2.45, 2.75) is 26.7 Å². The van der Waals surface area contributed by atoms with Crippen LogP contribution >= 0.6 is 0 Å². The summed E-state index contributed by atoms with van der Waals surface area (Å²) in [7, 11) is 1.64. The lowest BCUT2D eigenvalue weighted by atomic mass is 10.2. The number of hydrogen-bond donors (Lipinski definition) is 2. The first-order valence-corrected chi connectivity index (χ1v) is 6.55. The fourth-order valence-corrected chi connectivity index (χ4v) is 1.87. The molecule has 0 aliphatic heterocycles. The van der Waals surface area contributed by atoms with Gasteiger partial charge in [0.1, 0.15) is 23.2 Å². The number of aryl methyl sites for hydroxylation is 1. The summed E-state index contributed by atoms with van der Waals surface area (Å²) >= 11 is 0. The summed E-state index contributed by atoms with van der Waals surface area (Å²) in [6.45, 7) is 6.09. The molecule has 0 aliphatic rings. The first-order valence-electron chi connectivity index (χ1n) is 6.55. The summed E-state index contributed by atoms with van der Waals surface area (Å²) in [5.41, 5.74) is 7.83. The number of ether oxygens (including phenoxy) is 1. The zero-order valence-corrected chi connectivity index (χ0v) is 12.3. The number of rotatable bonds is 4. The van der Waals surface area contributed by atoms with E-state index in [2.05, 4.69) is 15.3 Å². The molecule has 5 heteroatoms. The maximum atomic E-state index is 5.83. The van der Waals surface area contributed by atoms with Gasteiger partial charge in [0.25, 0.3) is 0 Å². The van der Waals surface area contributed by atoms with Gasteiger partial charge in [-0.2, -0.15) is 0 Å². The molecule has 0 saturated heterocycles. The topological polar surface area (TPSA) is 73.1 Å². The van der Waals surface area contributed by atoms with E-state index in [1.54, 1.807) is 13.2 Å². The molecule has 5 nitrogen and oxygen atoms in total. The van der Waals surface area contributed by atoms with Crippen LogP contribution in [-0.2, 0) is 0 Å². The van der Waals surface area contributed by atoms with Crippen molar-refractivity contribution in [1.29, 1.82) is 0 Å². The van der Waals surface area contributed by atoms with Crippen LogP contribution in [0.4, 0.5) is 17.3 Å². The average molecular weight is 272 g/mol. The van der Waals surface area contributed by atoms with Gasteiger partial charge in [-0.25, -0.2) is 9.97 Å². The van der Waals surface area contributed by atoms with Gasteiger partial charge < -0.3 is 15.8 Å². The molecule has 0 atom stereocenters. The lowest BCUT2D eigenvalue weighted by molar-refractivity contribution is 0.416. The Balaban J connectivity index is 2.37. The molecule has 0 spiro atoms. The minimum absolute atomic E-state index is 0.221. The normalized spacial score (nSPS) is 10.7. The molecule has 0 unspecified atom stereocenters. The maximum Gasteiger partial charge on any atom is 0.142 e. The van der Waals surface area contributed by atoms with E-state index < -0.39 is 0 Å². The summed E-state index contributed by atoms with van der Waals surface area (Å²) in [5, 5.41) is 3.24. The molecule has 3 N–H and O–H groups in total. The van der Waals surface area contributed by atoms with E-state index in [-0.39, 0.29) is 5.92 Å². The van der Waals surface area contributed by atoms with Gasteiger partial charge in [0.05, 0.1) is 12.8 Å². The molecule has 0 fully saturated rings. The van der Waals surface area contributed by atoms with Crippen molar-refractivity contribution in [3.05, 3.63) is 35.7 Å². The minimum Gasteiger partial charge on any atom is -0.495 e. The molecular weight excluding hydrogens is 252 g/mol. The van der Waals surface area contributed by atoms with Crippen LogP contribution in [0, 0.1) is 6.92 Å². The molecule has 2 rings (SSSR count). The second-order valence-electron chi connectivity index (χ2n) is 5.02. The molecule has 0 bridgehead atoms. The number of methoxy groups -OCH3 is 1. The molecule has 0 amide bonds. The van der Waals surface area contributed by atoms with E-state index in [1.165, 1.54) is 0 Å². The Morgan fingerprint density at radius 2 is 1.95 bits per heavy atom. The molecule has 1 aromatic heterocycles. The first-order chi connectivity index (χ1) is 9.49. The minimum atomic E-state index is 0.221. The molecule has 2 aromatic rings. The van der Waals surface area contributed by atoms with Crippen LogP contribution in [0.1, 0.15) is 31.2 Å². The van der Waals surface area contributed by atoms with Gasteiger partial charge in [-0.1, -0.05) is 19.9 Å². The molecule has 106 valence electrons. The van der Waals surface area contributed by atoms with E-state index in [0.717, 1.165) is 22.8 Å². The molecule has 0 saturated carbocycles. The van der Waals surface area contributed by atoms with E-state index in [0.29, 0.717) is 11.6 Å². The van der Waals surface area contributed by atoms with Crippen molar-refractivity contribution in [2.75, 3.05) is 18.2 Å². The van der Waals surface area contributed by atoms with Gasteiger partial charge in [-0.05, 0) is 24.6 Å². The number of nitrogens with zero attached hydrogens (tertiary/aromatic N) is 2. The molecule has 1 aromatic carbocycles. The summed E-state index contributed by atoms with van der Waals surface area (Å²) in [5.74, 6) is 2.83. The van der Waals surface area contributed by atoms with Gasteiger partial charge in [-0.3, -0.25) is 0 Å². The largest absolute Gasteiger partial charge is 0.495 e. The van der Waals surface area contributed by atoms with E-state index in [9.17, 15) is 0 Å². The Morgan fingerprint density at radius 1 is 1.20 bits per heavy atom. The lowest BCUT2D eigenvalue weighted by Gasteiger charge is -2.13. The number of hydrogen-bond acceptors (Lipinski definition) is 5. The van der Waals surface area contributed by atoms with Gasteiger partial charge in [-0.15, -0.1) is 0 Å². The van der Waals surface area contributed by atoms with Gasteiger partial charge in [0.15, 0.2) is 0 Å². The van der Waals surface area contributed by atoms with Gasteiger partial charge in [0, 0.05) is 12.0 Å². The van der Waals surface area contributed by atoms with Crippen molar-refractivity contribution < 1.29 is 4.74 Å². The van der Waals surface area contributed by atoms with E-state index in [1.807, 2.05) is 39.0 Å². The Kier molecular flexibility index (Phi) is 4.08. The summed E-state index contributed by atoms with van der Waals surface area (Å²) in [4.78, 5) is 8.71. The quantitative estimate of drug-likeness (QED) is 0.893. The van der Waals surface area contributed by atoms with E-state index in [4.69, 9.17) is 10.5 Å². The average Bonchev–Trinajstić information content (AvgIpc) is 2.38. The third-order valence-electron chi connectivity index (χ3n) is 2.90. The summed E-state index contributed by atoms with van der Waals surface area (Å²) < 4.78 is 5.34. The third-order valence-corrected chi connectivity index (χ3v) is 2.90. The fourth-order valence-electron chi connectivity index (χ4n) is 1.87. The highest BCUT2D eigenvalue weighted by atomic mass is 16.5. The lowest BCUT2D eigenvalue weighted by Crippen LogP contribution is -2.05. The van der Waals surface area contributed by atoms with Crippen molar-refractivity contribution in [3.63, 3.8) is 0 Å². The maximum absolute atomic E-state index is 5.83. The number of benzene rings is 1. The van der Waals surface area contributed by atoms with Gasteiger partial charge in [0.2, 0.25) is 0 Å². The van der Waals surface area contributed by atoms with Crippen molar-refractivity contribution >= 4 is 17.3 Å². The second kappa shape index (κ2) is 5.77. The van der Waals surface area contributed by atoms with Crippen molar-refractivity contribution in [2.24, 2.45) is 0 Å². The number of nitrogens with two attached hydrogens (primary N) is 1. The molecule has 0 aliphatic carbocycles. The van der Waals surface area contributed by atoms with Crippen molar-refractivity contribution in [1.82, 2.24) is 9.97 Å². The zero-order chi connectivity index (χ0) is 14.7. The molecule has 0 radical (unpaired) electrons. The predicted molar refractivity (Wildman–Crippen MR) is 81.5 cm³/mol. The van der Waals surface area contributed by atoms with Crippen LogP contribution in [-0.4, -0.2) is 17.1 Å². The van der Waals surface area contributed by atoms with Crippen molar-refractivity contribution in [3.8, 4) is 5.75 Å². The van der Waals surface area contributed by atoms with Crippen LogP contribution in [0.3, 0.4) is 0 Å². The molecule has 20 heavy (non-hydrogen) atoms. The van der Waals surface area contributed by atoms with Crippen LogP contribution in [0.25, 0.3) is 0 Å². The standard InChI is InChI=1S/C15H20N4O/c1-9(2)15-18-13(16)8-14(19-15)17-11-7-10(3)5-6-12(11)20-4/h5-9H,1-4H3,(H3,16,17,18,19). The highest BCUT2D eigenvalue weighted by Crippen LogP contribution is 2.28. The highest BCUT2D eigenvalue weighted by molar-refractivity contribution is 5.66. The van der Waals surface area contributed by atoms with Crippen LogP contribution < -0.4 is 15.8 Å². The summed E-state index contributed by atoms with van der Waals surface area (Å²) in [6.07, 6.45) is 0. The van der Waals surface area contributed by atoms with Gasteiger partial charge >= 0.3 is 0 Å². The van der Waals surface area contributed by atoms with Crippen LogP contribution in [0.2, 0.25) is 0 Å². The Bertz CT molecular complexity index is 611. The molecule has 1 heterocycles. The van der Waals surface area contributed by atoms with Crippen LogP contribution in [0.5, 0.6) is 5.75 Å². The fraction of sp³-hybridized carbons (Fsp3) is 0.333.